The lowest BCUT2D eigenvalue weighted by atomic mass is 9.89. The van der Waals surface area contributed by atoms with Crippen LogP contribution in [0.4, 0.5) is 0 Å². The van der Waals surface area contributed by atoms with Gasteiger partial charge in [0.1, 0.15) is 5.75 Å². The van der Waals surface area contributed by atoms with Gasteiger partial charge in [0.2, 0.25) is 0 Å². The molecule has 26 heavy (non-hydrogen) atoms. The molecule has 0 aliphatic carbocycles. The predicted octanol–water partition coefficient (Wildman–Crippen LogP) is 2.31. The van der Waals surface area contributed by atoms with E-state index in [9.17, 15) is 4.79 Å². The fourth-order valence-electron chi connectivity index (χ4n) is 3.81. The van der Waals surface area contributed by atoms with Crippen LogP contribution in [0.3, 0.4) is 0 Å². The van der Waals surface area contributed by atoms with Gasteiger partial charge in [-0.25, -0.2) is 0 Å². The van der Waals surface area contributed by atoms with Crippen LogP contribution in [0.2, 0.25) is 0 Å². The molecule has 1 atom stereocenters. The number of amides is 1. The molecule has 2 saturated heterocycles. The second-order valence-corrected chi connectivity index (χ2v) is 7.32. The minimum absolute atomic E-state index is 0.104. The number of piperidine rings is 2. The average molecular weight is 361 g/mol. The molecule has 0 radical (unpaired) electrons. The van der Waals surface area contributed by atoms with Gasteiger partial charge in [-0.2, -0.15) is 0 Å². The number of aryl methyl sites for hydroxylation is 1. The molecule has 0 aromatic carbocycles. The van der Waals surface area contributed by atoms with Crippen molar-refractivity contribution in [3.8, 4) is 5.75 Å². The smallest absolute Gasteiger partial charge is 0.266 e. The van der Waals surface area contributed by atoms with Gasteiger partial charge in [-0.3, -0.25) is 9.78 Å². The number of ether oxygens (including phenoxy) is 2. The molecule has 0 bridgehead atoms. The zero-order valence-electron chi connectivity index (χ0n) is 16.0. The van der Waals surface area contributed by atoms with E-state index in [1.165, 1.54) is 0 Å². The summed E-state index contributed by atoms with van der Waals surface area (Å²) in [5, 5.41) is 3.34. The minimum atomic E-state index is -0.800. The van der Waals surface area contributed by atoms with Gasteiger partial charge in [0.15, 0.2) is 5.60 Å². The van der Waals surface area contributed by atoms with Crippen molar-refractivity contribution in [2.45, 2.75) is 57.7 Å². The molecule has 6 heteroatoms. The number of pyridine rings is 1. The van der Waals surface area contributed by atoms with Crippen LogP contribution in [0.15, 0.2) is 18.3 Å². The summed E-state index contributed by atoms with van der Waals surface area (Å²) >= 11 is 0. The fourth-order valence-corrected chi connectivity index (χ4v) is 3.81. The van der Waals surface area contributed by atoms with Gasteiger partial charge >= 0.3 is 0 Å². The lowest BCUT2D eigenvalue weighted by Crippen LogP contribution is -2.59. The molecular weight excluding hydrogens is 330 g/mol. The predicted molar refractivity (Wildman–Crippen MR) is 100 cm³/mol. The Morgan fingerprint density at radius 1 is 1.42 bits per heavy atom. The summed E-state index contributed by atoms with van der Waals surface area (Å²) in [7, 11) is 0. The number of rotatable bonds is 6. The van der Waals surface area contributed by atoms with Crippen molar-refractivity contribution in [1.29, 1.82) is 0 Å². The third-order valence-corrected chi connectivity index (χ3v) is 5.29. The highest BCUT2D eigenvalue weighted by atomic mass is 16.5. The summed E-state index contributed by atoms with van der Waals surface area (Å²) in [4.78, 5) is 19.8. The maximum atomic E-state index is 13.5. The first kappa shape index (κ1) is 19.1. The van der Waals surface area contributed by atoms with E-state index in [2.05, 4.69) is 17.2 Å². The van der Waals surface area contributed by atoms with Crippen molar-refractivity contribution in [3.63, 3.8) is 0 Å². The van der Waals surface area contributed by atoms with Gasteiger partial charge in [0, 0.05) is 38.7 Å². The van der Waals surface area contributed by atoms with Crippen LogP contribution in [0.5, 0.6) is 5.75 Å². The SMILES string of the molecule is CCCO[C@H]1CCCN(C(=O)C2(Oc3cccnc3C)CCNCC2)C1. The first-order chi connectivity index (χ1) is 12.6. The Bertz CT molecular complexity index is 602. The summed E-state index contributed by atoms with van der Waals surface area (Å²) in [5.74, 6) is 0.811. The highest BCUT2D eigenvalue weighted by Gasteiger charge is 2.45. The molecule has 0 unspecified atom stereocenters. The Morgan fingerprint density at radius 2 is 2.23 bits per heavy atom. The van der Waals surface area contributed by atoms with Gasteiger partial charge in [-0.05, 0) is 51.4 Å². The quantitative estimate of drug-likeness (QED) is 0.842. The largest absolute Gasteiger partial charge is 0.475 e. The van der Waals surface area contributed by atoms with Crippen LogP contribution in [-0.2, 0) is 9.53 Å². The van der Waals surface area contributed by atoms with E-state index >= 15 is 0 Å². The first-order valence-corrected chi connectivity index (χ1v) is 9.87. The molecule has 3 rings (SSSR count). The van der Waals surface area contributed by atoms with Gasteiger partial charge < -0.3 is 19.7 Å². The van der Waals surface area contributed by atoms with E-state index in [1.54, 1.807) is 6.20 Å². The second-order valence-electron chi connectivity index (χ2n) is 7.32. The van der Waals surface area contributed by atoms with Crippen molar-refractivity contribution < 1.29 is 14.3 Å². The third-order valence-electron chi connectivity index (χ3n) is 5.29. The van der Waals surface area contributed by atoms with E-state index in [1.807, 2.05) is 24.0 Å². The maximum absolute atomic E-state index is 13.5. The van der Waals surface area contributed by atoms with Crippen LogP contribution < -0.4 is 10.1 Å². The molecule has 2 aliphatic heterocycles. The third kappa shape index (κ3) is 4.35. The van der Waals surface area contributed by atoms with E-state index < -0.39 is 5.60 Å². The topological polar surface area (TPSA) is 63.7 Å². The Balaban J connectivity index is 1.76. The molecule has 3 heterocycles. The van der Waals surface area contributed by atoms with Crippen molar-refractivity contribution in [3.05, 3.63) is 24.0 Å². The summed E-state index contributed by atoms with van der Waals surface area (Å²) in [6, 6.07) is 3.76. The Morgan fingerprint density at radius 3 is 2.96 bits per heavy atom. The van der Waals surface area contributed by atoms with Gasteiger partial charge in [-0.15, -0.1) is 0 Å². The average Bonchev–Trinajstić information content (AvgIpc) is 2.68. The monoisotopic (exact) mass is 361 g/mol. The van der Waals surface area contributed by atoms with Crippen LogP contribution in [0.25, 0.3) is 0 Å². The Hall–Kier alpha value is -1.66. The number of hydrogen-bond donors (Lipinski definition) is 1. The molecule has 2 fully saturated rings. The van der Waals surface area contributed by atoms with E-state index in [0.717, 1.165) is 51.2 Å². The number of aromatic nitrogens is 1. The number of hydrogen-bond acceptors (Lipinski definition) is 5. The molecule has 0 saturated carbocycles. The summed E-state index contributed by atoms with van der Waals surface area (Å²) < 4.78 is 12.3. The van der Waals surface area contributed by atoms with Crippen LogP contribution in [-0.4, -0.2) is 60.3 Å². The van der Waals surface area contributed by atoms with E-state index in [0.29, 0.717) is 25.1 Å². The number of nitrogens with zero attached hydrogens (tertiary/aromatic N) is 2. The highest BCUT2D eigenvalue weighted by molar-refractivity contribution is 5.86. The van der Waals surface area contributed by atoms with Crippen molar-refractivity contribution >= 4 is 5.91 Å². The van der Waals surface area contributed by atoms with Crippen LogP contribution in [0.1, 0.15) is 44.7 Å². The molecular formula is C20H31N3O3. The number of carbonyl (C=O) groups is 1. The van der Waals surface area contributed by atoms with Gasteiger partial charge in [0.05, 0.1) is 11.8 Å². The van der Waals surface area contributed by atoms with E-state index in [-0.39, 0.29) is 12.0 Å². The number of carbonyl (C=O) groups excluding carboxylic acids is 1. The minimum Gasteiger partial charge on any atom is -0.475 e. The fraction of sp³-hybridized carbons (Fsp3) is 0.700. The lowest BCUT2D eigenvalue weighted by Gasteiger charge is -2.42. The zero-order chi connectivity index (χ0) is 18.4. The van der Waals surface area contributed by atoms with Crippen molar-refractivity contribution in [2.24, 2.45) is 0 Å². The number of nitrogens with one attached hydrogen (secondary N) is 1. The van der Waals surface area contributed by atoms with Crippen LogP contribution >= 0.6 is 0 Å². The second kappa shape index (κ2) is 8.82. The van der Waals surface area contributed by atoms with Crippen molar-refractivity contribution in [2.75, 3.05) is 32.8 Å². The molecule has 1 amide bonds. The molecule has 1 aromatic rings. The Labute approximate surface area is 156 Å². The molecule has 1 aromatic heterocycles. The summed E-state index contributed by atoms with van der Waals surface area (Å²) in [6.45, 7) is 7.82. The molecule has 2 aliphatic rings. The molecule has 144 valence electrons. The molecule has 6 nitrogen and oxygen atoms in total. The normalized spacial score (nSPS) is 22.8. The lowest BCUT2D eigenvalue weighted by molar-refractivity contribution is -0.154. The van der Waals surface area contributed by atoms with Crippen LogP contribution in [0, 0.1) is 6.92 Å². The Kier molecular flexibility index (Phi) is 6.48. The number of likely N-dealkylation sites (tertiary alicyclic amines) is 1. The first-order valence-electron chi connectivity index (χ1n) is 9.87. The highest BCUT2D eigenvalue weighted by Crippen LogP contribution is 2.31. The molecule has 0 spiro atoms. The zero-order valence-corrected chi connectivity index (χ0v) is 16.0. The van der Waals surface area contributed by atoms with Gasteiger partial charge in [-0.1, -0.05) is 6.92 Å². The molecule has 1 N–H and O–H groups in total. The summed E-state index contributed by atoms with van der Waals surface area (Å²) in [6.07, 6.45) is 6.27. The maximum Gasteiger partial charge on any atom is 0.266 e. The van der Waals surface area contributed by atoms with E-state index in [4.69, 9.17) is 9.47 Å². The van der Waals surface area contributed by atoms with Crippen molar-refractivity contribution in [1.82, 2.24) is 15.2 Å². The summed E-state index contributed by atoms with van der Waals surface area (Å²) in [5.41, 5.74) is 0.0205. The standard InChI is InChI=1S/C20H31N3O3/c1-3-14-25-17-6-5-13-23(15-17)19(24)20(8-11-21-12-9-20)26-18-7-4-10-22-16(18)2/h4,7,10,17,21H,3,5-6,8-9,11-15H2,1-2H3/t17-/m0/s1. The van der Waals surface area contributed by atoms with Gasteiger partial charge in [0.25, 0.3) is 5.91 Å².